The van der Waals surface area contributed by atoms with E-state index in [4.69, 9.17) is 0 Å². The van der Waals surface area contributed by atoms with E-state index in [0.29, 0.717) is 16.8 Å². The summed E-state index contributed by atoms with van der Waals surface area (Å²) in [5.41, 5.74) is 0.866. The van der Waals surface area contributed by atoms with E-state index >= 15 is 0 Å². The molecule has 104 valence electrons. The Hall–Kier alpha value is -0.900. The van der Waals surface area contributed by atoms with Crippen LogP contribution < -0.4 is 0 Å². The fraction of sp³-hybridized carbons (Fsp3) is 0.533. The molecule has 0 saturated heterocycles. The first kappa shape index (κ1) is 14.5. The Balaban J connectivity index is 2.19. The van der Waals surface area contributed by atoms with Crippen LogP contribution in [0.25, 0.3) is 0 Å². The van der Waals surface area contributed by atoms with E-state index in [2.05, 4.69) is 22.9 Å². The predicted octanol–water partition coefficient (Wildman–Crippen LogP) is 4.27. The molecule has 19 heavy (non-hydrogen) atoms. The zero-order valence-corrected chi connectivity index (χ0v) is 12.5. The molecule has 1 fully saturated rings. The summed E-state index contributed by atoms with van der Waals surface area (Å²) in [6.07, 6.45) is 3.23. The number of aliphatic carboxylic acids is 1. The first-order chi connectivity index (χ1) is 8.99. The smallest absolute Gasteiger partial charge is 0.306 e. The van der Waals surface area contributed by atoms with Gasteiger partial charge in [-0.1, -0.05) is 19.1 Å². The summed E-state index contributed by atoms with van der Waals surface area (Å²) in [4.78, 5) is 11.3. The molecule has 1 saturated carbocycles. The molecule has 0 heterocycles. The summed E-state index contributed by atoms with van der Waals surface area (Å²) >= 11 is 3.26. The van der Waals surface area contributed by atoms with Crippen LogP contribution in [0.1, 0.15) is 31.7 Å². The SMILES string of the molecule is CC1CCC(C(=O)O)C(Cc2cccc(F)c2Br)C1. The summed E-state index contributed by atoms with van der Waals surface area (Å²) in [6.45, 7) is 2.16. The van der Waals surface area contributed by atoms with Crippen LogP contribution in [-0.2, 0) is 11.2 Å². The first-order valence-electron chi connectivity index (χ1n) is 6.64. The second kappa shape index (κ2) is 6.04. The highest BCUT2D eigenvalue weighted by Gasteiger charge is 2.33. The Morgan fingerprint density at radius 2 is 2.21 bits per heavy atom. The summed E-state index contributed by atoms with van der Waals surface area (Å²) in [6, 6.07) is 4.95. The molecule has 0 radical (unpaired) electrons. The molecule has 3 atom stereocenters. The lowest BCUT2D eigenvalue weighted by Crippen LogP contribution is -2.31. The zero-order valence-electron chi connectivity index (χ0n) is 10.9. The summed E-state index contributed by atoms with van der Waals surface area (Å²) in [5.74, 6) is -0.656. The van der Waals surface area contributed by atoms with E-state index in [1.165, 1.54) is 6.07 Å². The predicted molar refractivity (Wildman–Crippen MR) is 75.4 cm³/mol. The standard InChI is InChI=1S/C15H18BrFO2/c1-9-5-6-12(15(18)19)11(7-9)8-10-3-2-4-13(17)14(10)16/h2-4,9,11-12H,5-8H2,1H3,(H,18,19). The first-order valence-corrected chi connectivity index (χ1v) is 7.44. The summed E-state index contributed by atoms with van der Waals surface area (Å²) in [5, 5.41) is 9.31. The summed E-state index contributed by atoms with van der Waals surface area (Å²) in [7, 11) is 0. The van der Waals surface area contributed by atoms with Crippen molar-refractivity contribution in [3.05, 3.63) is 34.1 Å². The molecule has 3 unspecified atom stereocenters. The number of hydrogen-bond acceptors (Lipinski definition) is 1. The van der Waals surface area contributed by atoms with Gasteiger partial charge in [-0.25, -0.2) is 4.39 Å². The van der Waals surface area contributed by atoms with Crippen LogP contribution in [0.15, 0.2) is 22.7 Å². The van der Waals surface area contributed by atoms with Crippen molar-refractivity contribution in [2.75, 3.05) is 0 Å². The van der Waals surface area contributed by atoms with E-state index in [-0.39, 0.29) is 17.7 Å². The van der Waals surface area contributed by atoms with Crippen LogP contribution in [0.3, 0.4) is 0 Å². The molecular weight excluding hydrogens is 311 g/mol. The maximum atomic E-state index is 13.5. The molecule has 1 aliphatic carbocycles. The average molecular weight is 329 g/mol. The molecule has 1 aromatic carbocycles. The largest absolute Gasteiger partial charge is 0.481 e. The van der Waals surface area contributed by atoms with Crippen molar-refractivity contribution in [2.45, 2.75) is 32.6 Å². The molecule has 2 rings (SSSR count). The highest BCUT2D eigenvalue weighted by molar-refractivity contribution is 9.10. The van der Waals surface area contributed by atoms with E-state index in [1.807, 2.05) is 6.07 Å². The number of carboxylic acids is 1. The Morgan fingerprint density at radius 3 is 2.89 bits per heavy atom. The van der Waals surface area contributed by atoms with Crippen LogP contribution >= 0.6 is 15.9 Å². The van der Waals surface area contributed by atoms with Gasteiger partial charge in [0.05, 0.1) is 10.4 Å². The van der Waals surface area contributed by atoms with Gasteiger partial charge in [-0.15, -0.1) is 0 Å². The molecule has 1 N–H and O–H groups in total. The fourth-order valence-electron chi connectivity index (χ4n) is 3.04. The zero-order chi connectivity index (χ0) is 14.0. The van der Waals surface area contributed by atoms with E-state index < -0.39 is 5.97 Å². The van der Waals surface area contributed by atoms with Crippen molar-refractivity contribution in [3.63, 3.8) is 0 Å². The van der Waals surface area contributed by atoms with Gasteiger partial charge in [0.2, 0.25) is 0 Å². The molecule has 0 spiro atoms. The quantitative estimate of drug-likeness (QED) is 0.899. The van der Waals surface area contributed by atoms with Crippen LogP contribution in [0, 0.1) is 23.6 Å². The van der Waals surface area contributed by atoms with Crippen LogP contribution in [0.4, 0.5) is 4.39 Å². The van der Waals surface area contributed by atoms with Gasteiger partial charge in [0.15, 0.2) is 0 Å². The monoisotopic (exact) mass is 328 g/mol. The Labute approximate surface area is 121 Å². The molecule has 1 aliphatic rings. The second-order valence-electron chi connectivity index (χ2n) is 5.54. The summed E-state index contributed by atoms with van der Waals surface area (Å²) < 4.78 is 14.0. The van der Waals surface area contributed by atoms with Gasteiger partial charge in [-0.3, -0.25) is 4.79 Å². The molecule has 0 amide bonds. The maximum absolute atomic E-state index is 13.5. The van der Waals surface area contributed by atoms with Crippen molar-refractivity contribution < 1.29 is 14.3 Å². The highest BCUT2D eigenvalue weighted by Crippen LogP contribution is 2.37. The topological polar surface area (TPSA) is 37.3 Å². The molecule has 1 aromatic rings. The van der Waals surface area contributed by atoms with E-state index in [0.717, 1.165) is 24.8 Å². The van der Waals surface area contributed by atoms with Gasteiger partial charge in [0, 0.05) is 0 Å². The Bertz CT molecular complexity index is 475. The molecule has 4 heteroatoms. The van der Waals surface area contributed by atoms with Crippen molar-refractivity contribution >= 4 is 21.9 Å². The Morgan fingerprint density at radius 1 is 1.47 bits per heavy atom. The van der Waals surface area contributed by atoms with E-state index in [9.17, 15) is 14.3 Å². The number of hydrogen-bond donors (Lipinski definition) is 1. The van der Waals surface area contributed by atoms with Crippen molar-refractivity contribution in [1.29, 1.82) is 0 Å². The third-order valence-electron chi connectivity index (χ3n) is 4.08. The lowest BCUT2D eigenvalue weighted by molar-refractivity contribution is -0.145. The maximum Gasteiger partial charge on any atom is 0.306 e. The minimum absolute atomic E-state index is 0.0966. The highest BCUT2D eigenvalue weighted by atomic mass is 79.9. The fourth-order valence-corrected chi connectivity index (χ4v) is 3.46. The molecule has 2 nitrogen and oxygen atoms in total. The van der Waals surface area contributed by atoms with Gasteiger partial charge in [0.25, 0.3) is 0 Å². The third kappa shape index (κ3) is 3.35. The normalized spacial score (nSPS) is 27.2. The van der Waals surface area contributed by atoms with Crippen molar-refractivity contribution in [3.8, 4) is 0 Å². The van der Waals surface area contributed by atoms with E-state index in [1.54, 1.807) is 6.07 Å². The Kier molecular flexibility index (Phi) is 4.61. The average Bonchev–Trinajstić information content (AvgIpc) is 2.35. The van der Waals surface area contributed by atoms with Crippen LogP contribution in [0.5, 0.6) is 0 Å². The number of rotatable bonds is 3. The third-order valence-corrected chi connectivity index (χ3v) is 4.96. The molecule has 0 aromatic heterocycles. The van der Waals surface area contributed by atoms with Gasteiger partial charge >= 0.3 is 5.97 Å². The van der Waals surface area contributed by atoms with Gasteiger partial charge in [-0.05, 0) is 65.1 Å². The van der Waals surface area contributed by atoms with Crippen LogP contribution in [-0.4, -0.2) is 11.1 Å². The molecular formula is C15H18BrFO2. The molecule has 0 aliphatic heterocycles. The second-order valence-corrected chi connectivity index (χ2v) is 6.33. The minimum Gasteiger partial charge on any atom is -0.481 e. The van der Waals surface area contributed by atoms with Crippen molar-refractivity contribution in [2.24, 2.45) is 17.8 Å². The lowest BCUT2D eigenvalue weighted by Gasteiger charge is -2.32. The van der Waals surface area contributed by atoms with Gasteiger partial charge in [0.1, 0.15) is 5.82 Å². The molecule has 0 bridgehead atoms. The number of benzene rings is 1. The lowest BCUT2D eigenvalue weighted by atomic mass is 9.72. The van der Waals surface area contributed by atoms with Crippen molar-refractivity contribution in [1.82, 2.24) is 0 Å². The minimum atomic E-state index is -0.718. The number of carbonyl (C=O) groups is 1. The van der Waals surface area contributed by atoms with Gasteiger partial charge < -0.3 is 5.11 Å². The van der Waals surface area contributed by atoms with Gasteiger partial charge in [-0.2, -0.15) is 0 Å². The van der Waals surface area contributed by atoms with Crippen LogP contribution in [0.2, 0.25) is 0 Å². The number of carboxylic acid groups (broad SMARTS) is 1. The number of halogens is 2.